The highest BCUT2D eigenvalue weighted by atomic mass is 16.6. The van der Waals surface area contributed by atoms with Gasteiger partial charge in [-0.2, -0.15) is 0 Å². The van der Waals surface area contributed by atoms with Crippen molar-refractivity contribution in [3.63, 3.8) is 0 Å². The van der Waals surface area contributed by atoms with Gasteiger partial charge in [0.25, 0.3) is 0 Å². The molecule has 4 N–H and O–H groups in total. The number of ether oxygens (including phenoxy) is 1. The number of nitrogens with one attached hydrogen (secondary N) is 2. The molecule has 1 saturated heterocycles. The van der Waals surface area contributed by atoms with Crippen LogP contribution < -0.4 is 16.4 Å². The van der Waals surface area contributed by atoms with Crippen molar-refractivity contribution in [2.75, 3.05) is 25.4 Å². The molecule has 218 valence electrons. The van der Waals surface area contributed by atoms with Gasteiger partial charge in [0.2, 0.25) is 11.8 Å². The largest absolute Gasteiger partial charge is 0.459 e. The van der Waals surface area contributed by atoms with Crippen LogP contribution in [0.1, 0.15) is 77.7 Å². The molecule has 1 saturated carbocycles. The molecular formula is C31H45N5O4. The van der Waals surface area contributed by atoms with Crippen molar-refractivity contribution in [1.29, 1.82) is 0 Å². The van der Waals surface area contributed by atoms with Crippen LogP contribution >= 0.6 is 0 Å². The number of amides is 2. The van der Waals surface area contributed by atoms with E-state index in [0.717, 1.165) is 42.0 Å². The number of nitrogen functional groups attached to an aromatic ring is 1. The summed E-state index contributed by atoms with van der Waals surface area (Å²) in [5.41, 5.74) is 6.37. The molecule has 0 spiro atoms. The Labute approximate surface area is 237 Å². The van der Waals surface area contributed by atoms with Crippen LogP contribution in [-0.4, -0.2) is 58.9 Å². The van der Waals surface area contributed by atoms with E-state index in [1.54, 1.807) is 11.1 Å². The van der Waals surface area contributed by atoms with Crippen LogP contribution in [0, 0.1) is 11.8 Å². The fourth-order valence-electron chi connectivity index (χ4n) is 6.03. The molecule has 4 rings (SSSR count). The number of carbonyl (C=O) groups is 3. The maximum Gasteiger partial charge on any atom is 0.320 e. The molecule has 0 radical (unpaired) electrons. The van der Waals surface area contributed by atoms with Gasteiger partial charge >= 0.3 is 5.97 Å². The zero-order valence-corrected chi connectivity index (χ0v) is 24.2. The average molecular weight is 552 g/mol. The fraction of sp³-hybridized carbons (Fsp3) is 0.613. The molecule has 40 heavy (non-hydrogen) atoms. The van der Waals surface area contributed by atoms with Crippen molar-refractivity contribution in [2.45, 2.75) is 90.3 Å². The Balaban J connectivity index is 1.37. The number of rotatable bonds is 10. The van der Waals surface area contributed by atoms with E-state index < -0.39 is 11.6 Å². The first kappa shape index (κ1) is 29.8. The van der Waals surface area contributed by atoms with Crippen molar-refractivity contribution in [3.8, 4) is 0 Å². The molecule has 2 unspecified atom stereocenters. The molecule has 2 atom stereocenters. The van der Waals surface area contributed by atoms with E-state index in [4.69, 9.17) is 10.5 Å². The van der Waals surface area contributed by atoms with Crippen molar-refractivity contribution in [2.24, 2.45) is 11.8 Å². The van der Waals surface area contributed by atoms with Gasteiger partial charge in [0.1, 0.15) is 17.5 Å². The second kappa shape index (κ2) is 13.4. The number of likely N-dealkylation sites (tertiary alicyclic amines) is 1. The van der Waals surface area contributed by atoms with Gasteiger partial charge in [-0.05, 0) is 69.0 Å². The second-order valence-electron chi connectivity index (χ2n) is 12.3. The third-order valence-corrected chi connectivity index (χ3v) is 7.94. The van der Waals surface area contributed by atoms with Crippen LogP contribution in [0.25, 0.3) is 10.8 Å². The first-order valence-electron chi connectivity index (χ1n) is 14.7. The monoisotopic (exact) mass is 551 g/mol. The fourth-order valence-corrected chi connectivity index (χ4v) is 6.03. The van der Waals surface area contributed by atoms with Crippen molar-refractivity contribution < 1.29 is 19.1 Å². The summed E-state index contributed by atoms with van der Waals surface area (Å²) in [7, 11) is 0. The standard InChI is InChI=1S/C31H45N5O4/c1-31(2,3)40-27(37)20-33-19-24(16-21-8-5-4-6-9-21)30(39)36-15-7-10-26(36)29(38)35-18-22-11-12-25-23(17-22)13-14-34-28(25)32/h11-14,17,21,24,26,33H,4-10,15-16,18-20H2,1-3H3,(H2,32,34)(H,35,38). The van der Waals surface area contributed by atoms with Gasteiger partial charge in [-0.15, -0.1) is 0 Å². The summed E-state index contributed by atoms with van der Waals surface area (Å²) < 4.78 is 5.41. The number of aromatic nitrogens is 1. The maximum atomic E-state index is 13.9. The van der Waals surface area contributed by atoms with Gasteiger partial charge in [0.15, 0.2) is 0 Å². The quantitative estimate of drug-likeness (QED) is 0.382. The number of nitrogens with two attached hydrogens (primary N) is 1. The molecule has 2 fully saturated rings. The van der Waals surface area contributed by atoms with E-state index >= 15 is 0 Å². The minimum absolute atomic E-state index is 0.00796. The average Bonchev–Trinajstić information content (AvgIpc) is 3.41. The highest BCUT2D eigenvalue weighted by Gasteiger charge is 2.37. The number of carbonyl (C=O) groups excluding carboxylic acids is 3. The molecule has 2 aliphatic rings. The third-order valence-electron chi connectivity index (χ3n) is 7.94. The third kappa shape index (κ3) is 8.16. The molecule has 2 aromatic rings. The van der Waals surface area contributed by atoms with E-state index in [9.17, 15) is 14.4 Å². The van der Waals surface area contributed by atoms with Gasteiger partial charge < -0.3 is 26.0 Å². The van der Waals surface area contributed by atoms with Crippen molar-refractivity contribution >= 4 is 34.4 Å². The van der Waals surface area contributed by atoms with E-state index in [1.165, 1.54) is 19.3 Å². The first-order chi connectivity index (χ1) is 19.1. The number of anilines is 1. The number of esters is 1. The van der Waals surface area contributed by atoms with Gasteiger partial charge in [0.05, 0.1) is 12.5 Å². The Bertz CT molecular complexity index is 1190. The van der Waals surface area contributed by atoms with Gasteiger partial charge in [-0.1, -0.05) is 44.2 Å². The predicted octanol–water partition coefficient (Wildman–Crippen LogP) is 3.94. The van der Waals surface area contributed by atoms with Crippen molar-refractivity contribution in [3.05, 3.63) is 36.0 Å². The molecule has 2 amide bonds. The summed E-state index contributed by atoms with van der Waals surface area (Å²) in [6, 6.07) is 7.28. The van der Waals surface area contributed by atoms with Crippen LogP contribution in [-0.2, 0) is 25.7 Å². The van der Waals surface area contributed by atoms with Crippen LogP contribution in [0.15, 0.2) is 30.5 Å². The lowest BCUT2D eigenvalue weighted by molar-refractivity contribution is -0.153. The van der Waals surface area contributed by atoms with E-state index in [2.05, 4.69) is 15.6 Å². The molecular weight excluding hydrogens is 506 g/mol. The van der Waals surface area contributed by atoms with E-state index in [0.29, 0.717) is 37.8 Å². The SMILES string of the molecule is CC(C)(C)OC(=O)CNCC(CC1CCCCC1)C(=O)N1CCCC1C(=O)NCc1ccc2c(N)nccc2c1. The minimum atomic E-state index is -0.552. The minimum Gasteiger partial charge on any atom is -0.459 e. The molecule has 1 aliphatic heterocycles. The van der Waals surface area contributed by atoms with E-state index in [-0.39, 0.29) is 30.2 Å². The number of fused-ring (bicyclic) bond motifs is 1. The smallest absolute Gasteiger partial charge is 0.320 e. The Hall–Kier alpha value is -3.20. The second-order valence-corrected chi connectivity index (χ2v) is 12.3. The van der Waals surface area contributed by atoms with Gasteiger partial charge in [-0.25, -0.2) is 4.98 Å². The molecule has 1 aliphatic carbocycles. The maximum absolute atomic E-state index is 13.9. The lowest BCUT2D eigenvalue weighted by Crippen LogP contribution is -2.49. The Morgan fingerprint density at radius 3 is 2.62 bits per heavy atom. The van der Waals surface area contributed by atoms with Gasteiger partial charge in [0, 0.05) is 31.2 Å². The van der Waals surface area contributed by atoms with Crippen LogP contribution in [0.3, 0.4) is 0 Å². The molecule has 9 heteroatoms. The number of benzene rings is 1. The predicted molar refractivity (Wildman–Crippen MR) is 156 cm³/mol. The topological polar surface area (TPSA) is 127 Å². The summed E-state index contributed by atoms with van der Waals surface area (Å²) in [6.07, 6.45) is 9.82. The normalized spacial score (nSPS) is 19.0. The van der Waals surface area contributed by atoms with Crippen LogP contribution in [0.4, 0.5) is 5.82 Å². The molecule has 1 aromatic heterocycles. The highest BCUT2D eigenvalue weighted by molar-refractivity contribution is 5.91. The molecule has 2 heterocycles. The van der Waals surface area contributed by atoms with Gasteiger partial charge in [-0.3, -0.25) is 14.4 Å². The number of hydrogen-bond acceptors (Lipinski definition) is 7. The molecule has 9 nitrogen and oxygen atoms in total. The summed E-state index contributed by atoms with van der Waals surface area (Å²) in [5.74, 6) is 0.252. The molecule has 1 aromatic carbocycles. The van der Waals surface area contributed by atoms with Crippen LogP contribution in [0.2, 0.25) is 0 Å². The zero-order valence-electron chi connectivity index (χ0n) is 24.2. The first-order valence-corrected chi connectivity index (χ1v) is 14.7. The Morgan fingerprint density at radius 2 is 1.88 bits per heavy atom. The lowest BCUT2D eigenvalue weighted by Gasteiger charge is -2.31. The summed E-state index contributed by atoms with van der Waals surface area (Å²) in [4.78, 5) is 45.3. The highest BCUT2D eigenvalue weighted by Crippen LogP contribution is 2.31. The summed E-state index contributed by atoms with van der Waals surface area (Å²) in [6.45, 7) is 6.92. The Morgan fingerprint density at radius 1 is 1.10 bits per heavy atom. The van der Waals surface area contributed by atoms with Crippen LogP contribution in [0.5, 0.6) is 0 Å². The van der Waals surface area contributed by atoms with Crippen molar-refractivity contribution in [1.82, 2.24) is 20.5 Å². The zero-order chi connectivity index (χ0) is 28.7. The number of nitrogens with zero attached hydrogens (tertiary/aromatic N) is 2. The Kier molecular flexibility index (Phi) is 10.0. The summed E-state index contributed by atoms with van der Waals surface area (Å²) in [5, 5.41) is 8.08. The summed E-state index contributed by atoms with van der Waals surface area (Å²) >= 11 is 0. The van der Waals surface area contributed by atoms with E-state index in [1.807, 2.05) is 45.0 Å². The number of pyridine rings is 1. The lowest BCUT2D eigenvalue weighted by atomic mass is 9.82. The molecule has 0 bridgehead atoms. The number of hydrogen-bond donors (Lipinski definition) is 3.